The van der Waals surface area contributed by atoms with Gasteiger partial charge >= 0.3 is 0 Å². The summed E-state index contributed by atoms with van der Waals surface area (Å²) < 4.78 is 13.8. The van der Waals surface area contributed by atoms with E-state index in [9.17, 15) is 9.50 Å². The quantitative estimate of drug-likeness (QED) is 0.889. The number of nitrogens with zero attached hydrogens (tertiary/aromatic N) is 1. The number of hydrogen-bond donors (Lipinski definition) is 2. The van der Waals surface area contributed by atoms with Gasteiger partial charge in [-0.1, -0.05) is 17.7 Å². The molecule has 0 fully saturated rings. The minimum absolute atomic E-state index is 0.122. The molecule has 0 bridgehead atoms. The van der Waals surface area contributed by atoms with Crippen LogP contribution in [0.4, 0.5) is 10.1 Å². The van der Waals surface area contributed by atoms with Crippen molar-refractivity contribution >= 4 is 17.3 Å². The van der Waals surface area contributed by atoms with Crippen LogP contribution in [-0.4, -0.2) is 5.11 Å². The Bertz CT molecular complexity index is 682. The predicted octanol–water partition coefficient (Wildman–Crippen LogP) is 4.23. The highest BCUT2D eigenvalue weighted by atomic mass is 35.5. The van der Waals surface area contributed by atoms with Gasteiger partial charge in [0.05, 0.1) is 28.4 Å². The van der Waals surface area contributed by atoms with Gasteiger partial charge in [-0.2, -0.15) is 5.26 Å². The van der Waals surface area contributed by atoms with Crippen molar-refractivity contribution in [3.63, 3.8) is 0 Å². The number of rotatable bonds is 3. The van der Waals surface area contributed by atoms with Crippen molar-refractivity contribution in [1.82, 2.24) is 0 Å². The summed E-state index contributed by atoms with van der Waals surface area (Å²) in [6.45, 7) is 1.77. The second-order valence-electron chi connectivity index (χ2n) is 4.38. The number of halogens is 2. The molecule has 2 aromatic carbocycles. The van der Waals surface area contributed by atoms with E-state index in [1.807, 2.05) is 6.07 Å². The molecule has 0 amide bonds. The average Bonchev–Trinajstić information content (AvgIpc) is 2.41. The van der Waals surface area contributed by atoms with Gasteiger partial charge in [-0.05, 0) is 31.2 Å². The summed E-state index contributed by atoms with van der Waals surface area (Å²) in [6, 6.07) is 10.5. The van der Waals surface area contributed by atoms with Gasteiger partial charge in [-0.15, -0.1) is 0 Å². The molecule has 3 nitrogen and oxygen atoms in total. The lowest BCUT2D eigenvalue weighted by Crippen LogP contribution is -2.09. The highest BCUT2D eigenvalue weighted by Crippen LogP contribution is 2.29. The molecule has 0 heterocycles. The second kappa shape index (κ2) is 5.81. The topological polar surface area (TPSA) is 56.0 Å². The molecule has 5 heteroatoms. The van der Waals surface area contributed by atoms with Gasteiger partial charge in [0.25, 0.3) is 0 Å². The van der Waals surface area contributed by atoms with Crippen molar-refractivity contribution in [2.24, 2.45) is 0 Å². The van der Waals surface area contributed by atoms with E-state index in [1.54, 1.807) is 25.1 Å². The fourth-order valence-corrected chi connectivity index (χ4v) is 2.06. The zero-order valence-corrected chi connectivity index (χ0v) is 11.4. The lowest BCUT2D eigenvalue weighted by molar-refractivity contribution is 0.467. The van der Waals surface area contributed by atoms with Crippen LogP contribution in [0.25, 0.3) is 0 Å². The van der Waals surface area contributed by atoms with Crippen LogP contribution in [0.2, 0.25) is 5.02 Å². The summed E-state index contributed by atoms with van der Waals surface area (Å²) >= 11 is 6.04. The van der Waals surface area contributed by atoms with E-state index in [-0.39, 0.29) is 11.8 Å². The van der Waals surface area contributed by atoms with Crippen LogP contribution in [0.1, 0.15) is 24.1 Å². The number of hydrogen-bond acceptors (Lipinski definition) is 3. The van der Waals surface area contributed by atoms with Crippen molar-refractivity contribution in [2.45, 2.75) is 13.0 Å². The zero-order chi connectivity index (χ0) is 14.7. The molecule has 0 aliphatic rings. The molecule has 0 saturated carbocycles. The Balaban J connectivity index is 2.27. The Labute approximate surface area is 121 Å². The van der Waals surface area contributed by atoms with Crippen LogP contribution in [0, 0.1) is 17.1 Å². The summed E-state index contributed by atoms with van der Waals surface area (Å²) in [5.74, 6) is -0.625. The van der Waals surface area contributed by atoms with E-state index in [0.29, 0.717) is 21.8 Å². The maximum absolute atomic E-state index is 13.8. The fraction of sp³-hybridized carbons (Fsp3) is 0.133. The maximum Gasteiger partial charge on any atom is 0.132 e. The average molecular weight is 291 g/mol. The lowest BCUT2D eigenvalue weighted by atomic mass is 10.1. The van der Waals surface area contributed by atoms with Crippen LogP contribution < -0.4 is 5.32 Å². The predicted molar refractivity (Wildman–Crippen MR) is 76.3 cm³/mol. The molecule has 102 valence electrons. The Morgan fingerprint density at radius 3 is 2.70 bits per heavy atom. The summed E-state index contributed by atoms with van der Waals surface area (Å²) in [6.07, 6.45) is 0. The van der Waals surface area contributed by atoms with Gasteiger partial charge in [0.15, 0.2) is 0 Å². The number of benzene rings is 2. The van der Waals surface area contributed by atoms with Crippen LogP contribution in [0.5, 0.6) is 5.75 Å². The second-order valence-corrected chi connectivity index (χ2v) is 4.79. The fourth-order valence-electron chi connectivity index (χ4n) is 1.88. The first-order chi connectivity index (χ1) is 9.51. The molecule has 1 unspecified atom stereocenters. The Morgan fingerprint density at radius 1 is 1.30 bits per heavy atom. The molecule has 20 heavy (non-hydrogen) atoms. The number of phenolic OH excluding ortho intramolecular Hbond substituents is 1. The Kier molecular flexibility index (Phi) is 4.11. The highest BCUT2D eigenvalue weighted by Gasteiger charge is 2.13. The first-order valence-electron chi connectivity index (χ1n) is 5.96. The SMILES string of the molecule is CC(Nc1cc(C#N)ccc1Cl)c1ccc(O)cc1F. The van der Waals surface area contributed by atoms with E-state index in [4.69, 9.17) is 16.9 Å². The van der Waals surface area contributed by atoms with Crippen molar-refractivity contribution < 1.29 is 9.50 Å². The summed E-state index contributed by atoms with van der Waals surface area (Å²) in [7, 11) is 0. The van der Waals surface area contributed by atoms with E-state index < -0.39 is 5.82 Å². The third kappa shape index (κ3) is 3.01. The number of phenols is 1. The van der Waals surface area contributed by atoms with Crippen molar-refractivity contribution in [1.29, 1.82) is 5.26 Å². The van der Waals surface area contributed by atoms with Gasteiger partial charge in [-0.25, -0.2) is 4.39 Å². The van der Waals surface area contributed by atoms with Crippen LogP contribution in [-0.2, 0) is 0 Å². The number of nitriles is 1. The van der Waals surface area contributed by atoms with E-state index in [0.717, 1.165) is 6.07 Å². The van der Waals surface area contributed by atoms with E-state index in [2.05, 4.69) is 5.32 Å². The molecular formula is C15H12ClFN2O. The van der Waals surface area contributed by atoms with E-state index in [1.165, 1.54) is 12.1 Å². The molecule has 2 N–H and O–H groups in total. The normalized spacial score (nSPS) is 11.7. The summed E-state index contributed by atoms with van der Waals surface area (Å²) in [5.41, 5.74) is 1.43. The Hall–Kier alpha value is -2.25. The number of nitrogens with one attached hydrogen (secondary N) is 1. The lowest BCUT2D eigenvalue weighted by Gasteiger charge is -2.17. The zero-order valence-electron chi connectivity index (χ0n) is 10.7. The molecule has 1 atom stereocenters. The molecule has 0 aliphatic carbocycles. The van der Waals surface area contributed by atoms with Gasteiger partial charge in [0.2, 0.25) is 0 Å². The molecule has 2 rings (SSSR count). The number of aromatic hydroxyl groups is 1. The van der Waals surface area contributed by atoms with Gasteiger partial charge < -0.3 is 10.4 Å². The number of anilines is 1. The maximum atomic E-state index is 13.8. The van der Waals surface area contributed by atoms with Crippen molar-refractivity contribution in [3.8, 4) is 11.8 Å². The molecule has 0 spiro atoms. The molecule has 0 saturated heterocycles. The summed E-state index contributed by atoms with van der Waals surface area (Å²) in [5, 5.41) is 21.6. The first-order valence-corrected chi connectivity index (χ1v) is 6.33. The third-order valence-corrected chi connectivity index (χ3v) is 3.25. The largest absolute Gasteiger partial charge is 0.508 e. The minimum atomic E-state index is -0.502. The highest BCUT2D eigenvalue weighted by molar-refractivity contribution is 6.33. The minimum Gasteiger partial charge on any atom is -0.508 e. The van der Waals surface area contributed by atoms with Crippen molar-refractivity contribution in [3.05, 3.63) is 58.4 Å². The monoisotopic (exact) mass is 290 g/mol. The first kappa shape index (κ1) is 14.2. The molecule has 0 aromatic heterocycles. The standard InChI is InChI=1S/C15H12ClFN2O/c1-9(12-4-3-11(20)7-14(12)17)19-15-6-10(8-18)2-5-13(15)16/h2-7,9,19-20H,1H3. The van der Waals surface area contributed by atoms with E-state index >= 15 is 0 Å². The van der Waals surface area contributed by atoms with Gasteiger partial charge in [0, 0.05) is 11.6 Å². The molecule has 0 radical (unpaired) electrons. The van der Waals surface area contributed by atoms with Gasteiger partial charge in [0.1, 0.15) is 11.6 Å². The van der Waals surface area contributed by atoms with Crippen LogP contribution >= 0.6 is 11.6 Å². The third-order valence-electron chi connectivity index (χ3n) is 2.92. The molecular weight excluding hydrogens is 279 g/mol. The van der Waals surface area contributed by atoms with Gasteiger partial charge in [-0.3, -0.25) is 0 Å². The molecule has 0 aliphatic heterocycles. The van der Waals surface area contributed by atoms with Crippen LogP contribution in [0.15, 0.2) is 36.4 Å². The van der Waals surface area contributed by atoms with Crippen LogP contribution in [0.3, 0.4) is 0 Å². The smallest absolute Gasteiger partial charge is 0.132 e. The Morgan fingerprint density at radius 2 is 2.05 bits per heavy atom. The summed E-state index contributed by atoms with van der Waals surface area (Å²) in [4.78, 5) is 0. The molecule has 2 aromatic rings. The van der Waals surface area contributed by atoms with Crippen molar-refractivity contribution in [2.75, 3.05) is 5.32 Å².